The number of rotatable bonds is 5. The molecular formula is C19H22BrNO6. The molecular weight excluding hydrogens is 418 g/mol. The normalized spacial score (nSPS) is 9.67. The van der Waals surface area contributed by atoms with E-state index in [9.17, 15) is 0 Å². The number of hydrogen-bond donors (Lipinski definition) is 3. The Kier molecular flexibility index (Phi) is 8.61. The van der Waals surface area contributed by atoms with Gasteiger partial charge < -0.3 is 25.0 Å². The highest BCUT2D eigenvalue weighted by molar-refractivity contribution is 9.10. The Morgan fingerprint density at radius 3 is 1.85 bits per heavy atom. The van der Waals surface area contributed by atoms with Crippen molar-refractivity contribution < 1.29 is 29.3 Å². The number of anilines is 1. The monoisotopic (exact) mass is 439 g/mol. The highest BCUT2D eigenvalue weighted by Crippen LogP contribution is 2.33. The van der Waals surface area contributed by atoms with Gasteiger partial charge in [0.05, 0.1) is 14.2 Å². The maximum Gasteiger partial charge on any atom is 0.414 e. The van der Waals surface area contributed by atoms with Gasteiger partial charge in [-0.05, 0) is 54.8 Å². The Bertz CT molecular complexity index is 790. The van der Waals surface area contributed by atoms with Gasteiger partial charge in [0.1, 0.15) is 0 Å². The van der Waals surface area contributed by atoms with Crippen molar-refractivity contribution >= 4 is 33.6 Å². The van der Waals surface area contributed by atoms with Crippen molar-refractivity contribution in [2.24, 2.45) is 0 Å². The van der Waals surface area contributed by atoms with E-state index >= 15 is 0 Å². The predicted octanol–water partition coefficient (Wildman–Crippen LogP) is 3.85. The van der Waals surface area contributed by atoms with Gasteiger partial charge in [0.25, 0.3) is 0 Å². The molecule has 0 saturated heterocycles. The number of carboxylic acids is 2. The summed E-state index contributed by atoms with van der Waals surface area (Å²) in [5, 5.41) is 18.2. The van der Waals surface area contributed by atoms with E-state index in [1.165, 1.54) is 11.1 Å². The Balaban J connectivity index is 0.000000527. The van der Waals surface area contributed by atoms with Crippen molar-refractivity contribution in [2.75, 3.05) is 19.5 Å². The molecule has 0 atom stereocenters. The van der Waals surface area contributed by atoms with Crippen molar-refractivity contribution in [1.29, 1.82) is 0 Å². The molecule has 0 spiro atoms. The first-order valence-corrected chi connectivity index (χ1v) is 8.66. The van der Waals surface area contributed by atoms with E-state index in [-0.39, 0.29) is 0 Å². The summed E-state index contributed by atoms with van der Waals surface area (Å²) in [7, 11) is 3.28. The van der Waals surface area contributed by atoms with Crippen molar-refractivity contribution in [3.05, 3.63) is 51.5 Å². The van der Waals surface area contributed by atoms with E-state index in [0.29, 0.717) is 6.54 Å². The van der Waals surface area contributed by atoms with E-state index in [1.54, 1.807) is 14.2 Å². The van der Waals surface area contributed by atoms with Crippen LogP contribution in [0.1, 0.15) is 16.7 Å². The quantitative estimate of drug-likeness (QED) is 0.607. The molecule has 2 rings (SSSR count). The van der Waals surface area contributed by atoms with Gasteiger partial charge in [-0.3, -0.25) is 0 Å². The lowest BCUT2D eigenvalue weighted by atomic mass is 10.1. The van der Waals surface area contributed by atoms with Crippen LogP contribution in [0.3, 0.4) is 0 Å². The summed E-state index contributed by atoms with van der Waals surface area (Å²) in [6, 6.07) is 10.4. The molecule has 0 amide bonds. The molecule has 0 fully saturated rings. The van der Waals surface area contributed by atoms with E-state index < -0.39 is 11.9 Å². The lowest BCUT2D eigenvalue weighted by Crippen LogP contribution is -2.09. The van der Waals surface area contributed by atoms with Gasteiger partial charge in [0.15, 0.2) is 11.5 Å². The molecule has 0 radical (unpaired) electrons. The van der Waals surface area contributed by atoms with Gasteiger partial charge in [0.2, 0.25) is 0 Å². The average molecular weight is 440 g/mol. The van der Waals surface area contributed by atoms with E-state index in [0.717, 1.165) is 27.2 Å². The van der Waals surface area contributed by atoms with Crippen LogP contribution in [0.15, 0.2) is 34.8 Å². The standard InChI is InChI=1S/C17H20BrNO2.C2H2O4/c1-11-5-12(2)7-14(6-11)19-10-13-8-16(20-3)17(21-4)9-15(13)18;3-1(4)2(5)6/h5-9,19H,10H2,1-4H3;(H,3,4)(H,5,6). The largest absolute Gasteiger partial charge is 0.493 e. The number of nitrogens with one attached hydrogen (secondary N) is 1. The second-order valence-corrected chi connectivity index (χ2v) is 6.49. The molecule has 8 heteroatoms. The number of ether oxygens (including phenoxy) is 2. The lowest BCUT2D eigenvalue weighted by molar-refractivity contribution is -0.159. The number of benzene rings is 2. The topological polar surface area (TPSA) is 105 Å². The summed E-state index contributed by atoms with van der Waals surface area (Å²) in [5.41, 5.74) is 4.74. The molecule has 3 N–H and O–H groups in total. The third kappa shape index (κ3) is 7.18. The molecule has 27 heavy (non-hydrogen) atoms. The zero-order valence-corrected chi connectivity index (χ0v) is 17.1. The van der Waals surface area contributed by atoms with Crippen molar-refractivity contribution in [3.63, 3.8) is 0 Å². The van der Waals surface area contributed by atoms with Crippen molar-refractivity contribution in [3.8, 4) is 11.5 Å². The summed E-state index contributed by atoms with van der Waals surface area (Å²) in [4.78, 5) is 18.2. The molecule has 0 aliphatic rings. The smallest absolute Gasteiger partial charge is 0.414 e. The lowest BCUT2D eigenvalue weighted by Gasteiger charge is -2.13. The average Bonchev–Trinajstić information content (AvgIpc) is 2.60. The minimum Gasteiger partial charge on any atom is -0.493 e. The molecule has 2 aromatic carbocycles. The van der Waals surface area contributed by atoms with Crippen LogP contribution in [0.2, 0.25) is 0 Å². The minimum absolute atomic E-state index is 0.712. The number of methoxy groups -OCH3 is 2. The Hall–Kier alpha value is -2.74. The number of aryl methyl sites for hydroxylation is 2. The van der Waals surface area contributed by atoms with Gasteiger partial charge in [-0.2, -0.15) is 0 Å². The summed E-state index contributed by atoms with van der Waals surface area (Å²) in [6.45, 7) is 4.92. The highest BCUT2D eigenvalue weighted by Gasteiger charge is 2.09. The number of carbonyl (C=O) groups is 2. The zero-order valence-electron chi connectivity index (χ0n) is 15.5. The van der Waals surface area contributed by atoms with Crippen molar-refractivity contribution in [2.45, 2.75) is 20.4 Å². The molecule has 0 unspecified atom stereocenters. The van der Waals surface area contributed by atoms with Gasteiger partial charge in [-0.15, -0.1) is 0 Å². The molecule has 0 bridgehead atoms. The fourth-order valence-corrected chi connectivity index (χ4v) is 2.77. The third-order valence-electron chi connectivity index (χ3n) is 3.44. The van der Waals surface area contributed by atoms with Crippen LogP contribution in [-0.2, 0) is 16.1 Å². The van der Waals surface area contributed by atoms with Crippen LogP contribution in [0.25, 0.3) is 0 Å². The molecule has 7 nitrogen and oxygen atoms in total. The summed E-state index contributed by atoms with van der Waals surface area (Å²) in [6.07, 6.45) is 0. The van der Waals surface area contributed by atoms with Crippen LogP contribution in [-0.4, -0.2) is 36.4 Å². The summed E-state index contributed by atoms with van der Waals surface area (Å²) in [5.74, 6) is -2.19. The van der Waals surface area contributed by atoms with Crippen molar-refractivity contribution in [1.82, 2.24) is 0 Å². The van der Waals surface area contributed by atoms with Crippen LogP contribution in [0, 0.1) is 13.8 Å². The Morgan fingerprint density at radius 2 is 1.41 bits per heavy atom. The highest BCUT2D eigenvalue weighted by atomic mass is 79.9. The molecule has 0 aliphatic carbocycles. The molecule has 0 heterocycles. The summed E-state index contributed by atoms with van der Waals surface area (Å²) >= 11 is 3.58. The number of hydrogen-bond acceptors (Lipinski definition) is 5. The van der Waals surface area contributed by atoms with Gasteiger partial charge >= 0.3 is 11.9 Å². The van der Waals surface area contributed by atoms with E-state index in [2.05, 4.69) is 53.3 Å². The Labute approximate surface area is 166 Å². The first kappa shape index (κ1) is 22.3. The van der Waals surface area contributed by atoms with Gasteiger partial charge in [-0.1, -0.05) is 22.0 Å². The van der Waals surface area contributed by atoms with Gasteiger partial charge in [-0.25, -0.2) is 9.59 Å². The second-order valence-electron chi connectivity index (χ2n) is 5.64. The minimum atomic E-state index is -1.82. The number of carboxylic acid groups (broad SMARTS) is 2. The van der Waals surface area contributed by atoms with Crippen LogP contribution < -0.4 is 14.8 Å². The SMILES string of the molecule is COc1cc(Br)c(CNc2cc(C)cc(C)c2)cc1OC.O=C(O)C(=O)O. The number of aliphatic carboxylic acids is 2. The molecule has 2 aromatic rings. The first-order valence-electron chi connectivity index (χ1n) is 7.86. The third-order valence-corrected chi connectivity index (χ3v) is 4.18. The maximum absolute atomic E-state index is 9.10. The molecule has 146 valence electrons. The zero-order chi connectivity index (χ0) is 20.6. The van der Waals surface area contributed by atoms with E-state index in [4.69, 9.17) is 29.3 Å². The summed E-state index contributed by atoms with van der Waals surface area (Å²) < 4.78 is 11.6. The number of halogens is 1. The first-order chi connectivity index (χ1) is 12.7. The fourth-order valence-electron chi connectivity index (χ4n) is 2.31. The molecule has 0 aromatic heterocycles. The fraction of sp³-hybridized carbons (Fsp3) is 0.263. The predicted molar refractivity (Wildman–Crippen MR) is 106 cm³/mol. The van der Waals surface area contributed by atoms with Gasteiger partial charge in [0, 0.05) is 16.7 Å². The molecule has 0 saturated carbocycles. The van der Waals surface area contributed by atoms with Crippen LogP contribution in [0.4, 0.5) is 5.69 Å². The Morgan fingerprint density at radius 1 is 0.926 bits per heavy atom. The molecule has 0 aliphatic heterocycles. The van der Waals surface area contributed by atoms with E-state index in [1.807, 2.05) is 12.1 Å². The van der Waals surface area contributed by atoms with Crippen LogP contribution >= 0.6 is 15.9 Å². The second kappa shape index (κ2) is 10.4. The van der Waals surface area contributed by atoms with Crippen LogP contribution in [0.5, 0.6) is 11.5 Å². The maximum atomic E-state index is 9.10.